The van der Waals surface area contributed by atoms with Crippen LogP contribution in [-0.4, -0.2) is 23.9 Å². The molecule has 1 saturated heterocycles. The number of aliphatic hydroxyl groups excluding tert-OH is 1. The number of furan rings is 1. The summed E-state index contributed by atoms with van der Waals surface area (Å²) in [5.41, 5.74) is 2.06. The van der Waals surface area contributed by atoms with Crippen molar-refractivity contribution in [3.05, 3.63) is 88.1 Å². The zero-order valence-corrected chi connectivity index (χ0v) is 18.1. The maximum atomic E-state index is 13.5. The Kier molecular flexibility index (Phi) is 5.34. The van der Waals surface area contributed by atoms with Crippen LogP contribution in [0, 0.1) is 26.6 Å². The average molecular weight is 435 g/mol. The Hall–Kier alpha value is -3.87. The van der Waals surface area contributed by atoms with Crippen molar-refractivity contribution in [2.24, 2.45) is 0 Å². The Balaban J connectivity index is 1.95. The van der Waals surface area contributed by atoms with E-state index in [1.807, 2.05) is 6.92 Å². The van der Waals surface area contributed by atoms with Gasteiger partial charge in [-0.1, -0.05) is 0 Å². The number of ether oxygens (including phenoxy) is 1. The molecule has 164 valence electrons. The monoisotopic (exact) mass is 435 g/mol. The van der Waals surface area contributed by atoms with Crippen molar-refractivity contribution in [1.29, 1.82) is 0 Å². The van der Waals surface area contributed by atoms with E-state index in [-0.39, 0.29) is 11.3 Å². The first-order chi connectivity index (χ1) is 15.2. The number of carbonyl (C=O) groups is 2. The van der Waals surface area contributed by atoms with Gasteiger partial charge in [-0.25, -0.2) is 4.39 Å². The van der Waals surface area contributed by atoms with E-state index in [1.54, 1.807) is 45.2 Å². The lowest BCUT2D eigenvalue weighted by molar-refractivity contribution is -0.132. The molecule has 1 aromatic heterocycles. The Bertz CT molecular complexity index is 1260. The number of rotatable bonds is 4. The van der Waals surface area contributed by atoms with Gasteiger partial charge in [0.15, 0.2) is 0 Å². The minimum atomic E-state index is -1.00. The fourth-order valence-electron chi connectivity index (χ4n) is 3.98. The van der Waals surface area contributed by atoms with Crippen molar-refractivity contribution in [3.63, 3.8) is 0 Å². The summed E-state index contributed by atoms with van der Waals surface area (Å²) in [7, 11) is 1.55. The molecule has 1 fully saturated rings. The van der Waals surface area contributed by atoms with Crippen molar-refractivity contribution in [2.75, 3.05) is 12.0 Å². The lowest BCUT2D eigenvalue weighted by Crippen LogP contribution is -2.29. The summed E-state index contributed by atoms with van der Waals surface area (Å²) in [6.07, 6.45) is 0. The molecule has 0 aliphatic carbocycles. The SMILES string of the molecule is COc1cc(C)c(/C(O)=C2\C(=O)C(=O)N(c3ccc(F)cc3)C2c2ccc(C)o2)cc1C. The van der Waals surface area contributed by atoms with Crippen LogP contribution >= 0.6 is 0 Å². The number of aliphatic hydroxyl groups is 1. The van der Waals surface area contributed by atoms with Gasteiger partial charge in [0.2, 0.25) is 0 Å². The number of hydrogen-bond acceptors (Lipinski definition) is 5. The van der Waals surface area contributed by atoms with Gasteiger partial charge in [-0.05, 0) is 80.4 Å². The molecule has 2 aromatic carbocycles. The molecular weight excluding hydrogens is 413 g/mol. The van der Waals surface area contributed by atoms with E-state index in [1.165, 1.54) is 29.2 Å². The largest absolute Gasteiger partial charge is 0.507 e. The zero-order chi connectivity index (χ0) is 23.2. The maximum Gasteiger partial charge on any atom is 0.300 e. The first-order valence-corrected chi connectivity index (χ1v) is 10.0. The highest BCUT2D eigenvalue weighted by molar-refractivity contribution is 6.51. The summed E-state index contributed by atoms with van der Waals surface area (Å²) in [6, 6.07) is 11.1. The van der Waals surface area contributed by atoms with Crippen LogP contribution in [0.1, 0.15) is 34.3 Å². The zero-order valence-electron chi connectivity index (χ0n) is 18.1. The number of hydrogen-bond donors (Lipinski definition) is 1. The number of amides is 1. The van der Waals surface area contributed by atoms with E-state index in [0.717, 1.165) is 5.56 Å². The molecule has 1 N–H and O–H groups in total. The number of halogens is 1. The molecule has 0 bridgehead atoms. The second-order valence-corrected chi connectivity index (χ2v) is 7.73. The van der Waals surface area contributed by atoms with Crippen LogP contribution in [0.3, 0.4) is 0 Å². The highest BCUT2D eigenvalue weighted by Gasteiger charge is 2.48. The van der Waals surface area contributed by atoms with Gasteiger partial charge >= 0.3 is 0 Å². The first-order valence-electron chi connectivity index (χ1n) is 10.0. The topological polar surface area (TPSA) is 80.0 Å². The molecule has 1 amide bonds. The summed E-state index contributed by atoms with van der Waals surface area (Å²) >= 11 is 0. The summed E-state index contributed by atoms with van der Waals surface area (Å²) in [6.45, 7) is 5.34. The molecule has 4 rings (SSSR count). The van der Waals surface area contributed by atoms with Gasteiger partial charge in [0, 0.05) is 11.3 Å². The molecule has 32 heavy (non-hydrogen) atoms. The van der Waals surface area contributed by atoms with Crippen molar-refractivity contribution >= 4 is 23.1 Å². The number of carbonyl (C=O) groups excluding carboxylic acids is 2. The number of nitrogens with zero attached hydrogens (tertiary/aromatic N) is 1. The molecule has 1 unspecified atom stereocenters. The van der Waals surface area contributed by atoms with E-state index >= 15 is 0 Å². The predicted octanol–water partition coefficient (Wildman–Crippen LogP) is 4.98. The molecular formula is C25H22FNO5. The molecule has 1 aliphatic rings. The van der Waals surface area contributed by atoms with Crippen LogP contribution in [-0.2, 0) is 9.59 Å². The second kappa shape index (κ2) is 8.00. The van der Waals surface area contributed by atoms with Crippen molar-refractivity contribution in [1.82, 2.24) is 0 Å². The Morgan fingerprint density at radius 3 is 2.31 bits per heavy atom. The smallest absolute Gasteiger partial charge is 0.300 e. The van der Waals surface area contributed by atoms with Gasteiger partial charge in [0.1, 0.15) is 34.9 Å². The number of ketones is 1. The van der Waals surface area contributed by atoms with Gasteiger partial charge < -0.3 is 14.3 Å². The van der Waals surface area contributed by atoms with Gasteiger partial charge in [-0.3, -0.25) is 14.5 Å². The number of methoxy groups -OCH3 is 1. The molecule has 6 nitrogen and oxygen atoms in total. The fraction of sp³-hybridized carbons (Fsp3) is 0.200. The lowest BCUT2D eigenvalue weighted by Gasteiger charge is -2.23. The normalized spacial score (nSPS) is 17.8. The summed E-state index contributed by atoms with van der Waals surface area (Å²) in [4.78, 5) is 27.4. The van der Waals surface area contributed by atoms with Crippen LogP contribution in [0.2, 0.25) is 0 Å². The summed E-state index contributed by atoms with van der Waals surface area (Å²) in [5, 5.41) is 11.3. The first kappa shape index (κ1) is 21.4. The van der Waals surface area contributed by atoms with E-state index in [4.69, 9.17) is 9.15 Å². The van der Waals surface area contributed by atoms with Gasteiger partial charge in [0.05, 0.1) is 12.7 Å². The molecule has 0 radical (unpaired) electrons. The quantitative estimate of drug-likeness (QED) is 0.355. The fourth-order valence-corrected chi connectivity index (χ4v) is 3.98. The number of benzene rings is 2. The molecule has 3 aromatic rings. The van der Waals surface area contributed by atoms with E-state index in [2.05, 4.69) is 0 Å². The van der Waals surface area contributed by atoms with E-state index in [9.17, 15) is 19.1 Å². The number of Topliss-reactive ketones (excluding diaryl/α,β-unsaturated/α-hetero) is 1. The average Bonchev–Trinajstić information content (AvgIpc) is 3.30. The summed E-state index contributed by atoms with van der Waals surface area (Å²) < 4.78 is 24.6. The van der Waals surface area contributed by atoms with Gasteiger partial charge in [-0.2, -0.15) is 0 Å². The number of aryl methyl sites for hydroxylation is 3. The predicted molar refractivity (Wildman–Crippen MR) is 117 cm³/mol. The Morgan fingerprint density at radius 1 is 1.03 bits per heavy atom. The molecule has 2 heterocycles. The van der Waals surface area contributed by atoms with Crippen molar-refractivity contribution < 1.29 is 28.2 Å². The highest BCUT2D eigenvalue weighted by Crippen LogP contribution is 2.43. The highest BCUT2D eigenvalue weighted by atomic mass is 19.1. The third-order valence-electron chi connectivity index (χ3n) is 5.58. The minimum absolute atomic E-state index is 0.0960. The second-order valence-electron chi connectivity index (χ2n) is 7.73. The van der Waals surface area contributed by atoms with Crippen molar-refractivity contribution in [2.45, 2.75) is 26.8 Å². The van der Waals surface area contributed by atoms with Crippen LogP contribution in [0.5, 0.6) is 5.75 Å². The van der Waals surface area contributed by atoms with Crippen LogP contribution in [0.4, 0.5) is 10.1 Å². The van der Waals surface area contributed by atoms with Crippen LogP contribution < -0.4 is 9.64 Å². The summed E-state index contributed by atoms with van der Waals surface area (Å²) in [5.74, 6) is -0.921. The third kappa shape index (κ3) is 3.45. The van der Waals surface area contributed by atoms with E-state index in [0.29, 0.717) is 34.1 Å². The number of anilines is 1. The van der Waals surface area contributed by atoms with Gasteiger partial charge in [0.25, 0.3) is 11.7 Å². The molecule has 0 saturated carbocycles. The lowest BCUT2D eigenvalue weighted by atomic mass is 9.95. The van der Waals surface area contributed by atoms with Gasteiger partial charge in [-0.15, -0.1) is 0 Å². The molecule has 0 spiro atoms. The molecule has 1 atom stereocenters. The maximum absolute atomic E-state index is 13.5. The minimum Gasteiger partial charge on any atom is -0.507 e. The van der Waals surface area contributed by atoms with Crippen LogP contribution in [0.15, 0.2) is 58.5 Å². The third-order valence-corrected chi connectivity index (χ3v) is 5.58. The molecule has 7 heteroatoms. The van der Waals surface area contributed by atoms with Crippen LogP contribution in [0.25, 0.3) is 5.76 Å². The molecule has 1 aliphatic heterocycles. The Morgan fingerprint density at radius 2 is 1.72 bits per heavy atom. The Labute approximate surface area is 184 Å². The van der Waals surface area contributed by atoms with E-state index < -0.39 is 23.5 Å². The standard InChI is InChI=1S/C25H22FNO5/c1-13-12-20(31-4)14(2)11-18(13)23(28)21-22(19-10-5-15(3)32-19)27(25(30)24(21)29)17-8-6-16(26)7-9-17/h5-12,22,28H,1-4H3/b23-21+. The van der Waals surface area contributed by atoms with Crippen molar-refractivity contribution in [3.8, 4) is 5.75 Å².